The van der Waals surface area contributed by atoms with Gasteiger partial charge in [-0.25, -0.2) is 0 Å². The summed E-state index contributed by atoms with van der Waals surface area (Å²) in [5.74, 6) is 0.112. The Morgan fingerprint density at radius 2 is 0.604 bits per heavy atom. The van der Waals surface area contributed by atoms with Crippen molar-refractivity contribution in [2.24, 2.45) is 57.1 Å². The van der Waals surface area contributed by atoms with Gasteiger partial charge in [0.25, 0.3) is 0 Å². The van der Waals surface area contributed by atoms with Gasteiger partial charge in [-0.1, -0.05) is 189 Å². The molecule has 3 unspecified atom stereocenters. The molecule has 3 atom stereocenters. The molecule has 20 nitrogen and oxygen atoms in total. The van der Waals surface area contributed by atoms with Crippen molar-refractivity contribution in [1.29, 1.82) is 0 Å². The molecule has 15 aromatic carbocycles. The van der Waals surface area contributed by atoms with Gasteiger partial charge in [-0.05, 0) is 147 Å². The number of nitrogens with zero attached hydrogens (tertiary/aromatic N) is 10. The van der Waals surface area contributed by atoms with Crippen molar-refractivity contribution < 1.29 is 15.3 Å². The molecule has 0 radical (unpaired) electrons. The van der Waals surface area contributed by atoms with Crippen LogP contribution in [0.1, 0.15) is 40.5 Å². The molecule has 0 saturated carbocycles. The number of azo groups is 5. The van der Waals surface area contributed by atoms with Crippen LogP contribution in [-0.4, -0.2) is 52.1 Å². The Bertz CT molecular complexity index is 5990. The normalized spacial score (nSPS) is 16.1. The van der Waals surface area contributed by atoms with E-state index in [4.69, 9.17) is 5.73 Å². The molecule has 20 heteroatoms. The molecule has 0 amide bonds. The van der Waals surface area contributed by atoms with Gasteiger partial charge in [-0.15, -0.1) is 35.8 Å². The number of nitrogens with two attached hydrogens (primary N) is 1. The summed E-state index contributed by atoms with van der Waals surface area (Å²) in [5.41, 5.74) is 19.5. The third-order valence-corrected chi connectivity index (χ3v) is 20.2. The third-order valence-electron chi connectivity index (χ3n) is 20.2. The summed E-state index contributed by atoms with van der Waals surface area (Å²) in [6, 6.07) is 97.4. The van der Waals surface area contributed by atoms with E-state index in [1.54, 1.807) is 0 Å². The van der Waals surface area contributed by atoms with E-state index in [-0.39, 0.29) is 31.4 Å². The maximum absolute atomic E-state index is 9.64. The average molecular weight is 1460 g/mol. The van der Waals surface area contributed by atoms with Crippen LogP contribution in [-0.2, 0) is 0 Å². The number of rotatable bonds is 16. The zero-order chi connectivity index (χ0) is 76.3. The highest BCUT2D eigenvalue weighted by Crippen LogP contribution is 2.48. The lowest BCUT2D eigenvalue weighted by Crippen LogP contribution is -2.51. The van der Waals surface area contributed by atoms with Gasteiger partial charge in [0.1, 0.15) is 22.7 Å². The van der Waals surface area contributed by atoms with Gasteiger partial charge in [0, 0.05) is 127 Å². The monoisotopic (exact) mass is 1460 g/mol. The lowest BCUT2D eigenvalue weighted by atomic mass is 9.92. The Balaban J connectivity index is 0.000000123. The lowest BCUT2D eigenvalue weighted by molar-refractivity contribution is 0.197. The van der Waals surface area contributed by atoms with Crippen molar-refractivity contribution in [1.82, 2.24) is 0 Å². The fraction of sp³-hybridized carbons (Fsp3) is 0.143. The molecule has 15 aromatic rings. The first-order valence-corrected chi connectivity index (χ1v) is 36.9. The zero-order valence-corrected chi connectivity index (χ0v) is 61.8. The molecular formula is C91H83N17O3. The standard InChI is InChI=1S/2C30H26N6O.C16H13N3.C15H18N2O/c1-30(18-19-37)31-26-13-7-8-20-14-15-27(29(32-30)28(20)26)36-35-25-17-16-24(22-11-5-6-12-23(22)25)34-33-21-9-3-2-4-10-21;1-30(18-19-37)31-27-13-7-12-23-26(16-17-28(32-30)29(23)27)36-35-25-15-14-24(21-10-5-6-11-22(21)25)34-33-20-8-3-2-4-9-20;17-15-10-11-16(14-9-5-4-8-13(14)15)19-18-12-6-2-1-3-7-12;1-10(9-18)15(2)16-12-7-3-5-11-6-4-8-13(17-15)14(11)12/h2*2-17,31-32,37H,18-19H2,1H3;1-11H,17H2;3-8,10,16-18H,9H2,1-2H3. The third kappa shape index (κ3) is 16.0. The first-order valence-electron chi connectivity index (χ1n) is 36.9. The van der Waals surface area contributed by atoms with E-state index in [9.17, 15) is 15.3 Å². The SMILES string of the molecule is CC(CO)C1(C)Nc2cccc3cccc(c23)N1.CC1(CCO)Nc2cccc3c(N=Nc4ccc(N=Nc5ccccc5)c5ccccc45)ccc(c23)N1.CC1(CCO)Nc2cccc3ccc(N=Nc4ccc(N=Nc5ccccc5)c5ccccc45)c(c23)N1.Nc1ccc(N=Nc2ccccc2)c2ccccc12. The fourth-order valence-electron chi connectivity index (χ4n) is 14.2. The number of benzene rings is 15. The molecule has 111 heavy (non-hydrogen) atoms. The molecule has 11 N–H and O–H groups in total. The number of anilines is 7. The summed E-state index contributed by atoms with van der Waals surface area (Å²) in [6.45, 7) is 8.51. The number of nitrogen functional groups attached to an aromatic ring is 1. The predicted octanol–water partition coefficient (Wildman–Crippen LogP) is 25.4. The first kappa shape index (κ1) is 72.9. The summed E-state index contributed by atoms with van der Waals surface area (Å²) < 4.78 is 0. The van der Waals surface area contributed by atoms with Crippen LogP contribution in [0.25, 0.3) is 64.6 Å². The molecule has 0 aromatic heterocycles. The topological polar surface area (TPSA) is 282 Å². The van der Waals surface area contributed by atoms with Crippen molar-refractivity contribution in [2.45, 2.75) is 57.5 Å². The van der Waals surface area contributed by atoms with Gasteiger partial charge >= 0.3 is 0 Å². The van der Waals surface area contributed by atoms with Crippen molar-refractivity contribution in [2.75, 3.05) is 57.5 Å². The van der Waals surface area contributed by atoms with Crippen LogP contribution in [0.5, 0.6) is 0 Å². The van der Waals surface area contributed by atoms with Crippen LogP contribution in [0.15, 0.2) is 348 Å². The highest BCUT2D eigenvalue weighted by molar-refractivity contribution is 6.11. The van der Waals surface area contributed by atoms with Gasteiger partial charge in [0.05, 0.1) is 56.9 Å². The van der Waals surface area contributed by atoms with Crippen LogP contribution < -0.4 is 37.6 Å². The van der Waals surface area contributed by atoms with Crippen molar-refractivity contribution in [3.05, 3.63) is 297 Å². The van der Waals surface area contributed by atoms with Gasteiger partial charge in [-0.3, -0.25) is 0 Å². The summed E-state index contributed by atoms with van der Waals surface area (Å²) in [4.78, 5) is 0. The molecule has 0 aliphatic carbocycles. The van der Waals surface area contributed by atoms with Crippen molar-refractivity contribution in [3.8, 4) is 0 Å². The predicted molar refractivity (Wildman–Crippen MR) is 455 cm³/mol. The summed E-state index contributed by atoms with van der Waals surface area (Å²) in [6.07, 6.45) is 1.12. The number of aliphatic hydroxyl groups is 3. The molecule has 0 spiro atoms. The van der Waals surface area contributed by atoms with E-state index < -0.39 is 11.3 Å². The summed E-state index contributed by atoms with van der Waals surface area (Å²) in [5, 5.41) is 107. The van der Waals surface area contributed by atoms with E-state index in [0.29, 0.717) is 12.8 Å². The van der Waals surface area contributed by atoms with Crippen LogP contribution in [0.4, 0.5) is 96.7 Å². The molecule has 550 valence electrons. The molecule has 0 saturated heterocycles. The van der Waals surface area contributed by atoms with E-state index in [0.717, 1.165) is 151 Å². The van der Waals surface area contributed by atoms with Gasteiger partial charge in [0.15, 0.2) is 0 Å². The number of fused-ring (bicyclic) bond motifs is 3. The quantitative estimate of drug-likeness (QED) is 0.0322. The minimum atomic E-state index is -0.500. The van der Waals surface area contributed by atoms with E-state index in [1.807, 2.05) is 251 Å². The van der Waals surface area contributed by atoms with Crippen LogP contribution >= 0.6 is 0 Å². The molecule has 0 fully saturated rings. The molecular weight excluding hydrogens is 1380 g/mol. The summed E-state index contributed by atoms with van der Waals surface area (Å²) >= 11 is 0. The Hall–Kier alpha value is -13.7. The van der Waals surface area contributed by atoms with Gasteiger partial charge in [0.2, 0.25) is 0 Å². The van der Waals surface area contributed by atoms with E-state index in [2.05, 4.69) is 157 Å². The number of nitrogens with one attached hydrogen (secondary N) is 6. The number of hydrogen-bond acceptors (Lipinski definition) is 20. The molecule has 0 bridgehead atoms. The van der Waals surface area contributed by atoms with E-state index in [1.165, 1.54) is 10.8 Å². The zero-order valence-electron chi connectivity index (χ0n) is 61.8. The Labute approximate surface area is 642 Å². The minimum absolute atomic E-state index is 0.0610. The maximum atomic E-state index is 9.64. The second-order valence-corrected chi connectivity index (χ2v) is 28.1. The highest BCUT2D eigenvalue weighted by atomic mass is 16.3. The van der Waals surface area contributed by atoms with Crippen molar-refractivity contribution >= 4 is 161 Å². The highest BCUT2D eigenvalue weighted by Gasteiger charge is 2.35. The minimum Gasteiger partial charge on any atom is -0.398 e. The second kappa shape index (κ2) is 32.4. The van der Waals surface area contributed by atoms with Crippen LogP contribution in [0.2, 0.25) is 0 Å². The van der Waals surface area contributed by atoms with E-state index >= 15 is 0 Å². The summed E-state index contributed by atoms with van der Waals surface area (Å²) in [7, 11) is 0. The fourth-order valence-corrected chi connectivity index (χ4v) is 14.2. The Morgan fingerprint density at radius 1 is 0.288 bits per heavy atom. The Kier molecular flexibility index (Phi) is 21.3. The average Bonchev–Trinajstić information content (AvgIpc) is 0.757. The molecule has 18 rings (SSSR count). The first-order chi connectivity index (χ1) is 54.2. The van der Waals surface area contributed by atoms with Gasteiger partial charge in [-0.2, -0.15) is 15.3 Å². The molecule has 3 aliphatic heterocycles. The number of aliphatic hydroxyl groups excluding tert-OH is 3. The second-order valence-electron chi connectivity index (χ2n) is 28.1. The molecule has 3 aliphatic rings. The lowest BCUT2D eigenvalue weighted by Gasteiger charge is -2.42. The van der Waals surface area contributed by atoms with Crippen LogP contribution in [0, 0.1) is 5.92 Å². The maximum Gasteiger partial charge on any atom is 0.110 e. The smallest absolute Gasteiger partial charge is 0.110 e. The number of hydrogen-bond donors (Lipinski definition) is 10. The van der Waals surface area contributed by atoms with Gasteiger partial charge < -0.3 is 53.0 Å². The Morgan fingerprint density at radius 3 is 1.05 bits per heavy atom. The molecule has 3 heterocycles. The largest absolute Gasteiger partial charge is 0.398 e. The van der Waals surface area contributed by atoms with Crippen molar-refractivity contribution in [3.63, 3.8) is 0 Å². The van der Waals surface area contributed by atoms with Crippen LogP contribution in [0.3, 0.4) is 0 Å².